The Kier molecular flexibility index (Phi) is 4.32. The van der Waals surface area contributed by atoms with Gasteiger partial charge >= 0.3 is 0 Å². The van der Waals surface area contributed by atoms with E-state index in [0.29, 0.717) is 0 Å². The predicted octanol–water partition coefficient (Wildman–Crippen LogP) is 3.47. The van der Waals surface area contributed by atoms with Crippen molar-refractivity contribution in [1.82, 2.24) is 0 Å². The van der Waals surface area contributed by atoms with Crippen molar-refractivity contribution in [2.45, 2.75) is 38.5 Å². The molecule has 0 radical (unpaired) electrons. The third-order valence-corrected chi connectivity index (χ3v) is 2.89. The van der Waals surface area contributed by atoms with Crippen LogP contribution in [0.4, 0.5) is 8.78 Å². The van der Waals surface area contributed by atoms with Gasteiger partial charge in [0, 0.05) is 13.0 Å². The molecule has 0 aliphatic heterocycles. The molecule has 4 heteroatoms. The third-order valence-electron chi connectivity index (χ3n) is 2.89. The summed E-state index contributed by atoms with van der Waals surface area (Å²) < 4.78 is 32.8. The molecule has 0 aromatic heterocycles. The lowest BCUT2D eigenvalue weighted by atomic mass is 9.85. The maximum atomic E-state index is 13.9. The number of rotatable bonds is 4. The minimum absolute atomic E-state index is 0.154. The van der Waals surface area contributed by atoms with Gasteiger partial charge in [0.15, 0.2) is 0 Å². The molecule has 1 aromatic carbocycles. The highest BCUT2D eigenvalue weighted by atomic mass is 19.3. The molecule has 0 fully saturated rings. The van der Waals surface area contributed by atoms with Crippen LogP contribution in [0.5, 0.6) is 5.75 Å². The lowest BCUT2D eigenvalue weighted by molar-refractivity contribution is -0.0288. The van der Waals surface area contributed by atoms with Gasteiger partial charge in [0.2, 0.25) is 0 Å². The minimum atomic E-state index is -3.08. The summed E-state index contributed by atoms with van der Waals surface area (Å²) in [6, 6.07) is 4.81. The van der Waals surface area contributed by atoms with Gasteiger partial charge in [-0.25, -0.2) is 8.78 Å². The van der Waals surface area contributed by atoms with Gasteiger partial charge in [0.25, 0.3) is 5.92 Å². The highest BCUT2D eigenvalue weighted by molar-refractivity contribution is 5.42. The Labute approximate surface area is 107 Å². The van der Waals surface area contributed by atoms with E-state index in [1.54, 1.807) is 12.1 Å². The van der Waals surface area contributed by atoms with Gasteiger partial charge in [0.05, 0.1) is 12.7 Å². The highest BCUT2D eigenvalue weighted by Crippen LogP contribution is 2.39. The molecule has 1 N–H and O–H groups in total. The third kappa shape index (κ3) is 3.19. The molecule has 0 saturated carbocycles. The number of methoxy groups -OCH3 is 1. The smallest absolute Gasteiger partial charge is 0.279 e. The zero-order valence-electron chi connectivity index (χ0n) is 11.3. The fraction of sp³-hybridized carbons (Fsp3) is 0.571. The SMILES string of the molecule is COc1ccc(C(C)(C)C)cc1C(F)(F)CCO. The van der Waals surface area contributed by atoms with Gasteiger partial charge in [-0.3, -0.25) is 0 Å². The average molecular weight is 258 g/mol. The van der Waals surface area contributed by atoms with Crippen molar-refractivity contribution in [3.63, 3.8) is 0 Å². The van der Waals surface area contributed by atoms with Crippen LogP contribution in [0.25, 0.3) is 0 Å². The number of hydrogen-bond acceptors (Lipinski definition) is 2. The van der Waals surface area contributed by atoms with E-state index in [4.69, 9.17) is 9.84 Å². The summed E-state index contributed by atoms with van der Waals surface area (Å²) in [7, 11) is 1.37. The molecule has 0 aliphatic carbocycles. The second-order valence-corrected chi connectivity index (χ2v) is 5.34. The quantitative estimate of drug-likeness (QED) is 0.896. The van der Waals surface area contributed by atoms with Crippen molar-refractivity contribution in [3.05, 3.63) is 29.3 Å². The van der Waals surface area contributed by atoms with Gasteiger partial charge < -0.3 is 9.84 Å². The Balaban J connectivity index is 3.31. The van der Waals surface area contributed by atoms with Crippen molar-refractivity contribution in [3.8, 4) is 5.75 Å². The number of halogens is 2. The first-order valence-electron chi connectivity index (χ1n) is 5.90. The van der Waals surface area contributed by atoms with E-state index in [1.807, 2.05) is 20.8 Å². The van der Waals surface area contributed by atoms with E-state index >= 15 is 0 Å². The summed E-state index contributed by atoms with van der Waals surface area (Å²) in [5, 5.41) is 8.74. The fourth-order valence-electron chi connectivity index (χ4n) is 1.74. The Morgan fingerprint density at radius 2 is 1.83 bits per heavy atom. The molecule has 0 unspecified atom stereocenters. The minimum Gasteiger partial charge on any atom is -0.496 e. The maximum absolute atomic E-state index is 13.9. The largest absolute Gasteiger partial charge is 0.496 e. The molecule has 0 atom stereocenters. The number of aliphatic hydroxyl groups is 1. The van der Waals surface area contributed by atoms with Crippen molar-refractivity contribution in [2.24, 2.45) is 0 Å². The first-order chi connectivity index (χ1) is 8.22. The second kappa shape index (κ2) is 5.22. The van der Waals surface area contributed by atoms with Crippen LogP contribution >= 0.6 is 0 Å². The lowest BCUT2D eigenvalue weighted by Gasteiger charge is -2.24. The van der Waals surface area contributed by atoms with Gasteiger partial charge in [-0.1, -0.05) is 26.8 Å². The molecule has 0 bridgehead atoms. The molecule has 0 aliphatic rings. The first kappa shape index (κ1) is 14.9. The number of hydrogen-bond donors (Lipinski definition) is 1. The molecule has 1 rings (SSSR count). The highest BCUT2D eigenvalue weighted by Gasteiger charge is 2.35. The molecule has 0 amide bonds. The van der Waals surface area contributed by atoms with Crippen molar-refractivity contribution >= 4 is 0 Å². The van der Waals surface area contributed by atoms with Gasteiger partial charge in [0.1, 0.15) is 5.75 Å². The standard InChI is InChI=1S/C14H20F2O2/c1-13(2,3)10-5-6-12(18-4)11(9-10)14(15,16)7-8-17/h5-6,9,17H,7-8H2,1-4H3. The first-order valence-corrected chi connectivity index (χ1v) is 5.90. The van der Waals surface area contributed by atoms with E-state index in [1.165, 1.54) is 13.2 Å². The van der Waals surface area contributed by atoms with Crippen LogP contribution < -0.4 is 4.74 Å². The lowest BCUT2D eigenvalue weighted by Crippen LogP contribution is -2.19. The topological polar surface area (TPSA) is 29.5 Å². The monoisotopic (exact) mass is 258 g/mol. The summed E-state index contributed by atoms with van der Waals surface area (Å²) in [6.45, 7) is 5.32. The summed E-state index contributed by atoms with van der Waals surface area (Å²) in [5.41, 5.74) is 0.443. The van der Waals surface area contributed by atoms with E-state index in [0.717, 1.165) is 5.56 Å². The van der Waals surface area contributed by atoms with Crippen LogP contribution in [-0.2, 0) is 11.3 Å². The van der Waals surface area contributed by atoms with Crippen LogP contribution in [0.15, 0.2) is 18.2 Å². The normalized spacial score (nSPS) is 12.6. The molecule has 18 heavy (non-hydrogen) atoms. The van der Waals surface area contributed by atoms with E-state index < -0.39 is 19.0 Å². The van der Waals surface area contributed by atoms with Gasteiger partial charge in [-0.15, -0.1) is 0 Å². The Morgan fingerprint density at radius 3 is 2.28 bits per heavy atom. The van der Waals surface area contributed by atoms with Crippen LogP contribution in [0.1, 0.15) is 38.3 Å². The molecular weight excluding hydrogens is 238 g/mol. The second-order valence-electron chi connectivity index (χ2n) is 5.34. The maximum Gasteiger partial charge on any atom is 0.279 e. The van der Waals surface area contributed by atoms with Crippen molar-refractivity contribution in [1.29, 1.82) is 0 Å². The van der Waals surface area contributed by atoms with Crippen LogP contribution in [0, 0.1) is 0 Å². The van der Waals surface area contributed by atoms with E-state index in [9.17, 15) is 8.78 Å². The summed E-state index contributed by atoms with van der Waals surface area (Å²) in [4.78, 5) is 0. The van der Waals surface area contributed by atoms with Crippen LogP contribution in [0.2, 0.25) is 0 Å². The zero-order valence-corrected chi connectivity index (χ0v) is 11.3. The number of benzene rings is 1. The molecule has 102 valence electrons. The van der Waals surface area contributed by atoms with Gasteiger partial charge in [-0.05, 0) is 23.1 Å². The van der Waals surface area contributed by atoms with Crippen molar-refractivity contribution in [2.75, 3.05) is 13.7 Å². The Hall–Kier alpha value is -1.16. The average Bonchev–Trinajstić information content (AvgIpc) is 2.27. The number of alkyl halides is 2. The Bertz CT molecular complexity index is 409. The molecule has 1 aromatic rings. The molecular formula is C14H20F2O2. The fourth-order valence-corrected chi connectivity index (χ4v) is 1.74. The molecule has 0 heterocycles. The summed E-state index contributed by atoms with van der Waals surface area (Å²) >= 11 is 0. The van der Waals surface area contributed by atoms with Crippen molar-refractivity contribution < 1.29 is 18.6 Å². The molecule has 0 spiro atoms. The number of aliphatic hydroxyl groups excluding tert-OH is 1. The number of ether oxygens (including phenoxy) is 1. The van der Waals surface area contributed by atoms with E-state index in [-0.39, 0.29) is 16.7 Å². The van der Waals surface area contributed by atoms with Crippen LogP contribution in [0.3, 0.4) is 0 Å². The predicted molar refractivity (Wildman–Crippen MR) is 67.3 cm³/mol. The summed E-state index contributed by atoms with van der Waals surface area (Å²) in [6.07, 6.45) is -0.600. The molecule has 0 saturated heterocycles. The van der Waals surface area contributed by atoms with Crippen LogP contribution in [-0.4, -0.2) is 18.8 Å². The zero-order chi connectivity index (χ0) is 14.0. The molecule has 2 nitrogen and oxygen atoms in total. The van der Waals surface area contributed by atoms with E-state index in [2.05, 4.69) is 0 Å². The summed E-state index contributed by atoms with van der Waals surface area (Å²) in [5.74, 6) is -2.93. The Morgan fingerprint density at radius 1 is 1.22 bits per heavy atom. The van der Waals surface area contributed by atoms with Gasteiger partial charge in [-0.2, -0.15) is 0 Å².